The van der Waals surface area contributed by atoms with E-state index in [9.17, 15) is 9.18 Å². The number of hydrogen-bond donors (Lipinski definition) is 0. The first-order valence-electron chi connectivity index (χ1n) is 7.11. The summed E-state index contributed by atoms with van der Waals surface area (Å²) in [5.41, 5.74) is 0.519. The van der Waals surface area contributed by atoms with Crippen LogP contribution in [0.5, 0.6) is 0 Å². The molecule has 0 aromatic heterocycles. The van der Waals surface area contributed by atoms with E-state index >= 15 is 0 Å². The van der Waals surface area contributed by atoms with Crippen LogP contribution >= 0.6 is 0 Å². The number of benzene rings is 1. The SMILES string of the molecule is CCC1CCCCC1OCC(=O)c1ccc(F)cc1. The third kappa shape index (κ3) is 3.87. The quantitative estimate of drug-likeness (QED) is 0.751. The van der Waals surface area contributed by atoms with E-state index in [1.54, 1.807) is 0 Å². The van der Waals surface area contributed by atoms with E-state index < -0.39 is 0 Å². The normalized spacial score (nSPS) is 23.3. The van der Waals surface area contributed by atoms with Crippen molar-refractivity contribution in [3.63, 3.8) is 0 Å². The van der Waals surface area contributed by atoms with Gasteiger partial charge in [0, 0.05) is 5.56 Å². The third-order valence-corrected chi connectivity index (χ3v) is 3.96. The largest absolute Gasteiger partial charge is 0.370 e. The summed E-state index contributed by atoms with van der Waals surface area (Å²) in [4.78, 5) is 11.9. The highest BCUT2D eigenvalue weighted by atomic mass is 19.1. The van der Waals surface area contributed by atoms with Gasteiger partial charge < -0.3 is 4.74 Å². The van der Waals surface area contributed by atoms with Crippen LogP contribution in [0.15, 0.2) is 24.3 Å². The summed E-state index contributed by atoms with van der Waals surface area (Å²) in [6.07, 6.45) is 6.02. The van der Waals surface area contributed by atoms with Gasteiger partial charge in [0.2, 0.25) is 0 Å². The molecule has 0 radical (unpaired) electrons. The van der Waals surface area contributed by atoms with Gasteiger partial charge in [-0.1, -0.05) is 26.2 Å². The molecular weight excluding hydrogens is 243 g/mol. The van der Waals surface area contributed by atoms with Crippen LogP contribution in [-0.4, -0.2) is 18.5 Å². The fourth-order valence-corrected chi connectivity index (χ4v) is 2.76. The molecule has 0 heterocycles. The van der Waals surface area contributed by atoms with Crippen molar-refractivity contribution in [2.75, 3.05) is 6.61 Å². The van der Waals surface area contributed by atoms with E-state index in [0.29, 0.717) is 11.5 Å². The molecule has 1 fully saturated rings. The lowest BCUT2D eigenvalue weighted by Gasteiger charge is -2.30. The minimum absolute atomic E-state index is 0.0690. The Balaban J connectivity index is 1.87. The van der Waals surface area contributed by atoms with Crippen LogP contribution in [0.25, 0.3) is 0 Å². The Labute approximate surface area is 114 Å². The Bertz CT molecular complexity index is 413. The van der Waals surface area contributed by atoms with Crippen LogP contribution in [0, 0.1) is 11.7 Å². The number of carbonyl (C=O) groups excluding carboxylic acids is 1. The van der Waals surface area contributed by atoms with Crippen LogP contribution in [0.1, 0.15) is 49.4 Å². The fourth-order valence-electron chi connectivity index (χ4n) is 2.76. The molecule has 2 rings (SSSR count). The first-order valence-corrected chi connectivity index (χ1v) is 7.11. The molecule has 0 saturated heterocycles. The predicted molar refractivity (Wildman–Crippen MR) is 72.7 cm³/mol. The Morgan fingerprint density at radius 3 is 2.63 bits per heavy atom. The Morgan fingerprint density at radius 2 is 1.95 bits per heavy atom. The van der Waals surface area contributed by atoms with Crippen LogP contribution in [0.4, 0.5) is 4.39 Å². The zero-order valence-electron chi connectivity index (χ0n) is 11.4. The van der Waals surface area contributed by atoms with Crippen molar-refractivity contribution in [1.82, 2.24) is 0 Å². The van der Waals surface area contributed by atoms with Gasteiger partial charge in [0.25, 0.3) is 0 Å². The number of ketones is 1. The lowest BCUT2D eigenvalue weighted by atomic mass is 9.85. The maximum absolute atomic E-state index is 12.8. The van der Waals surface area contributed by atoms with E-state index in [1.165, 1.54) is 43.5 Å². The molecule has 2 atom stereocenters. The van der Waals surface area contributed by atoms with Gasteiger partial charge in [-0.15, -0.1) is 0 Å². The van der Waals surface area contributed by atoms with Crippen molar-refractivity contribution < 1.29 is 13.9 Å². The van der Waals surface area contributed by atoms with E-state index in [4.69, 9.17) is 4.74 Å². The van der Waals surface area contributed by atoms with Crippen LogP contribution in [-0.2, 0) is 4.74 Å². The van der Waals surface area contributed by atoms with Gasteiger partial charge in [0.15, 0.2) is 5.78 Å². The van der Waals surface area contributed by atoms with E-state index in [2.05, 4.69) is 6.92 Å². The molecule has 0 bridgehead atoms. The highest BCUT2D eigenvalue weighted by Gasteiger charge is 2.24. The van der Waals surface area contributed by atoms with E-state index in [0.717, 1.165) is 12.8 Å². The molecule has 1 aliphatic rings. The maximum Gasteiger partial charge on any atom is 0.188 e. The lowest BCUT2D eigenvalue weighted by molar-refractivity contribution is -0.00570. The molecule has 3 heteroatoms. The molecule has 0 amide bonds. The van der Waals surface area contributed by atoms with Crippen LogP contribution < -0.4 is 0 Å². The van der Waals surface area contributed by atoms with Gasteiger partial charge in [-0.05, 0) is 43.0 Å². The van der Waals surface area contributed by atoms with E-state index in [1.807, 2.05) is 0 Å². The van der Waals surface area contributed by atoms with Crippen LogP contribution in [0.3, 0.4) is 0 Å². The zero-order chi connectivity index (χ0) is 13.7. The second kappa shape index (κ2) is 6.80. The number of ether oxygens (including phenoxy) is 1. The molecular formula is C16H21FO2. The second-order valence-electron chi connectivity index (χ2n) is 5.23. The average molecular weight is 264 g/mol. The Morgan fingerprint density at radius 1 is 1.26 bits per heavy atom. The van der Waals surface area contributed by atoms with Gasteiger partial charge in [-0.25, -0.2) is 4.39 Å². The highest BCUT2D eigenvalue weighted by molar-refractivity contribution is 5.97. The molecule has 0 spiro atoms. The number of carbonyl (C=O) groups is 1. The Hall–Kier alpha value is -1.22. The molecule has 1 saturated carbocycles. The molecule has 2 unspecified atom stereocenters. The minimum Gasteiger partial charge on any atom is -0.370 e. The van der Waals surface area contributed by atoms with Gasteiger partial charge in [0.05, 0.1) is 6.10 Å². The Kier molecular flexibility index (Phi) is 5.08. The number of Topliss-reactive ketones (excluding diaryl/α,β-unsaturated/α-hetero) is 1. The molecule has 0 aliphatic heterocycles. The van der Waals surface area contributed by atoms with Gasteiger partial charge in [-0.2, -0.15) is 0 Å². The molecule has 1 aliphatic carbocycles. The summed E-state index contributed by atoms with van der Waals surface area (Å²) >= 11 is 0. The highest BCUT2D eigenvalue weighted by Crippen LogP contribution is 2.29. The first kappa shape index (κ1) is 14.2. The molecule has 2 nitrogen and oxygen atoms in total. The van der Waals surface area contributed by atoms with Gasteiger partial charge in [0.1, 0.15) is 12.4 Å². The topological polar surface area (TPSA) is 26.3 Å². The first-order chi connectivity index (χ1) is 9.20. The number of halogens is 1. The van der Waals surface area contributed by atoms with Crippen molar-refractivity contribution in [1.29, 1.82) is 0 Å². The molecule has 1 aromatic carbocycles. The van der Waals surface area contributed by atoms with Crippen molar-refractivity contribution >= 4 is 5.78 Å². The summed E-state index contributed by atoms with van der Waals surface area (Å²) in [6, 6.07) is 5.64. The molecule has 1 aromatic rings. The van der Waals surface area contributed by atoms with Crippen LogP contribution in [0.2, 0.25) is 0 Å². The van der Waals surface area contributed by atoms with E-state index in [-0.39, 0.29) is 24.3 Å². The minimum atomic E-state index is -0.323. The predicted octanol–water partition coefficient (Wildman–Crippen LogP) is 3.99. The average Bonchev–Trinajstić information content (AvgIpc) is 2.45. The van der Waals surface area contributed by atoms with Crippen molar-refractivity contribution in [3.05, 3.63) is 35.6 Å². The smallest absolute Gasteiger partial charge is 0.188 e. The maximum atomic E-state index is 12.8. The lowest BCUT2D eigenvalue weighted by Crippen LogP contribution is -2.29. The van der Waals surface area contributed by atoms with Crippen molar-refractivity contribution in [2.24, 2.45) is 5.92 Å². The van der Waals surface area contributed by atoms with Crippen molar-refractivity contribution in [2.45, 2.75) is 45.1 Å². The summed E-state index contributed by atoms with van der Waals surface area (Å²) in [5.74, 6) is 0.186. The molecule has 104 valence electrons. The second-order valence-corrected chi connectivity index (χ2v) is 5.23. The summed E-state index contributed by atoms with van der Waals surface area (Å²) in [5, 5.41) is 0. The number of rotatable bonds is 5. The van der Waals surface area contributed by atoms with Gasteiger partial charge >= 0.3 is 0 Å². The van der Waals surface area contributed by atoms with Gasteiger partial charge in [-0.3, -0.25) is 4.79 Å². The fraction of sp³-hybridized carbons (Fsp3) is 0.562. The standard InChI is InChI=1S/C16H21FO2/c1-2-12-5-3-4-6-16(12)19-11-15(18)13-7-9-14(17)10-8-13/h7-10,12,16H,2-6,11H2,1H3. The summed E-state index contributed by atoms with van der Waals surface area (Å²) < 4.78 is 18.6. The third-order valence-electron chi connectivity index (χ3n) is 3.96. The number of hydrogen-bond acceptors (Lipinski definition) is 2. The zero-order valence-corrected chi connectivity index (χ0v) is 11.4. The summed E-state index contributed by atoms with van der Waals surface area (Å²) in [6.45, 7) is 2.28. The molecule has 19 heavy (non-hydrogen) atoms. The monoisotopic (exact) mass is 264 g/mol. The summed E-state index contributed by atoms with van der Waals surface area (Å²) in [7, 11) is 0. The van der Waals surface area contributed by atoms with Crippen molar-refractivity contribution in [3.8, 4) is 0 Å². The molecule has 0 N–H and O–H groups in total.